The number of likely N-dealkylation sites (tertiary alicyclic amines) is 1. The third kappa shape index (κ3) is 6.55. The lowest BCUT2D eigenvalue weighted by molar-refractivity contribution is 0.0174. The minimum atomic E-state index is -2.76. The molecule has 27 heavy (non-hydrogen) atoms. The van der Waals surface area contributed by atoms with E-state index in [1.54, 1.807) is 12.1 Å². The van der Waals surface area contributed by atoms with Gasteiger partial charge in [-0.05, 0) is 62.2 Å². The van der Waals surface area contributed by atoms with Crippen LogP contribution in [0.4, 0.5) is 8.78 Å². The van der Waals surface area contributed by atoms with Crippen LogP contribution in [0.15, 0.2) is 24.3 Å². The summed E-state index contributed by atoms with van der Waals surface area (Å²) in [4.78, 5) is 2.61. The second kappa shape index (κ2) is 10.0. The van der Waals surface area contributed by atoms with Gasteiger partial charge in [0, 0.05) is 12.5 Å². The third-order valence-electron chi connectivity index (χ3n) is 6.77. The van der Waals surface area contributed by atoms with Crippen LogP contribution in [0.3, 0.4) is 0 Å². The zero-order valence-electron chi connectivity index (χ0n) is 17.9. The summed E-state index contributed by atoms with van der Waals surface area (Å²) in [5, 5.41) is 0. The van der Waals surface area contributed by atoms with E-state index in [4.69, 9.17) is 0 Å². The second-order valence-corrected chi connectivity index (χ2v) is 8.91. The van der Waals surface area contributed by atoms with Crippen LogP contribution in [0.25, 0.3) is 0 Å². The number of alkyl halides is 2. The molecule has 1 nitrogen and oxygen atoms in total. The maximum Gasteiger partial charge on any atom is 0.270 e. The van der Waals surface area contributed by atoms with Crippen LogP contribution in [0.2, 0.25) is 0 Å². The molecule has 1 fully saturated rings. The monoisotopic (exact) mass is 379 g/mol. The quantitative estimate of drug-likeness (QED) is 0.390. The highest BCUT2D eigenvalue weighted by molar-refractivity contribution is 5.30. The topological polar surface area (TPSA) is 3.24 Å². The van der Waals surface area contributed by atoms with Gasteiger partial charge in [-0.2, -0.15) is 0 Å². The maximum atomic E-state index is 13.5. The number of hydrogen-bond donors (Lipinski definition) is 0. The highest BCUT2D eigenvalue weighted by atomic mass is 19.3. The van der Waals surface area contributed by atoms with E-state index in [0.29, 0.717) is 0 Å². The van der Waals surface area contributed by atoms with Crippen molar-refractivity contribution >= 4 is 0 Å². The molecular formula is C24H39F2N. The Morgan fingerprint density at radius 2 is 1.56 bits per heavy atom. The van der Waals surface area contributed by atoms with Gasteiger partial charge in [0.05, 0.1) is 0 Å². The van der Waals surface area contributed by atoms with Gasteiger partial charge in [-0.1, -0.05) is 70.7 Å². The van der Waals surface area contributed by atoms with E-state index in [9.17, 15) is 8.78 Å². The lowest BCUT2D eigenvalue weighted by Gasteiger charge is -2.36. The standard InChI is InChI=1S/C24H39F2N/c1-5-7-8-9-20-14-17-27(18-15-20)19-16-23(3,6-2)21-10-12-22(13-11-21)24(4,25)26/h10-13,20H,5-9,14-19H2,1-4H3. The highest BCUT2D eigenvalue weighted by Gasteiger charge is 2.29. The van der Waals surface area contributed by atoms with Crippen molar-refractivity contribution in [1.82, 2.24) is 4.90 Å². The fraction of sp³-hybridized carbons (Fsp3) is 0.750. The Hall–Kier alpha value is -0.960. The first-order valence-corrected chi connectivity index (χ1v) is 11.0. The number of piperidine rings is 1. The van der Waals surface area contributed by atoms with Gasteiger partial charge < -0.3 is 4.90 Å². The SMILES string of the molecule is CCCCCC1CCN(CCC(C)(CC)c2ccc(C(C)(F)F)cc2)CC1. The molecule has 0 bridgehead atoms. The van der Waals surface area contributed by atoms with Gasteiger partial charge in [-0.15, -0.1) is 0 Å². The van der Waals surface area contributed by atoms with Crippen molar-refractivity contribution in [3.05, 3.63) is 35.4 Å². The molecule has 1 aliphatic heterocycles. The first kappa shape index (κ1) is 22.3. The molecule has 2 rings (SSSR count). The summed E-state index contributed by atoms with van der Waals surface area (Å²) in [6, 6.07) is 7.03. The van der Waals surface area contributed by atoms with Crippen molar-refractivity contribution < 1.29 is 8.78 Å². The predicted molar refractivity (Wildman–Crippen MR) is 112 cm³/mol. The number of unbranched alkanes of at least 4 members (excludes halogenated alkanes) is 2. The molecular weight excluding hydrogens is 340 g/mol. The Balaban J connectivity index is 1.86. The summed E-state index contributed by atoms with van der Waals surface area (Å²) >= 11 is 0. The molecule has 1 unspecified atom stereocenters. The van der Waals surface area contributed by atoms with Gasteiger partial charge in [0.15, 0.2) is 0 Å². The Morgan fingerprint density at radius 3 is 2.07 bits per heavy atom. The average Bonchev–Trinajstić information content (AvgIpc) is 2.67. The van der Waals surface area contributed by atoms with Crippen molar-refractivity contribution in [3.8, 4) is 0 Å². The predicted octanol–water partition coefficient (Wildman–Crippen LogP) is 7.15. The van der Waals surface area contributed by atoms with Crippen molar-refractivity contribution in [3.63, 3.8) is 0 Å². The second-order valence-electron chi connectivity index (χ2n) is 8.91. The molecule has 1 aromatic rings. The van der Waals surface area contributed by atoms with E-state index in [1.165, 1.54) is 57.2 Å². The summed E-state index contributed by atoms with van der Waals surface area (Å²) in [6.07, 6.45) is 10.3. The molecule has 1 aliphatic rings. The Morgan fingerprint density at radius 1 is 0.963 bits per heavy atom. The van der Waals surface area contributed by atoms with Gasteiger partial charge in [0.2, 0.25) is 0 Å². The molecule has 0 N–H and O–H groups in total. The molecule has 0 aromatic heterocycles. The summed E-state index contributed by atoms with van der Waals surface area (Å²) in [5.74, 6) is -1.84. The number of halogens is 2. The molecule has 1 saturated heterocycles. The minimum absolute atomic E-state index is 0.0551. The molecule has 154 valence electrons. The van der Waals surface area contributed by atoms with Gasteiger partial charge >= 0.3 is 0 Å². The first-order chi connectivity index (χ1) is 12.8. The third-order valence-corrected chi connectivity index (χ3v) is 6.77. The highest BCUT2D eigenvalue weighted by Crippen LogP contribution is 2.34. The zero-order chi connectivity index (χ0) is 19.9. The normalized spacial score (nSPS) is 19.2. The van der Waals surface area contributed by atoms with Gasteiger partial charge in [-0.3, -0.25) is 0 Å². The van der Waals surface area contributed by atoms with Crippen LogP contribution in [-0.4, -0.2) is 24.5 Å². The largest absolute Gasteiger partial charge is 0.303 e. The lowest BCUT2D eigenvalue weighted by Crippen LogP contribution is -2.37. The van der Waals surface area contributed by atoms with Crippen molar-refractivity contribution in [2.45, 2.75) is 90.4 Å². The van der Waals surface area contributed by atoms with Crippen LogP contribution in [-0.2, 0) is 11.3 Å². The molecule has 0 aliphatic carbocycles. The van der Waals surface area contributed by atoms with Crippen LogP contribution in [0.1, 0.15) is 90.2 Å². The Bertz CT molecular complexity index is 540. The molecule has 1 atom stereocenters. The Labute approximate surface area is 165 Å². The molecule has 3 heteroatoms. The van der Waals surface area contributed by atoms with Crippen molar-refractivity contribution in [2.24, 2.45) is 5.92 Å². The van der Waals surface area contributed by atoms with Gasteiger partial charge in [-0.25, -0.2) is 8.78 Å². The Kier molecular flexibility index (Phi) is 8.27. The van der Waals surface area contributed by atoms with E-state index >= 15 is 0 Å². The maximum absolute atomic E-state index is 13.5. The van der Waals surface area contributed by atoms with E-state index in [0.717, 1.165) is 32.2 Å². The van der Waals surface area contributed by atoms with E-state index in [2.05, 4.69) is 25.7 Å². The average molecular weight is 380 g/mol. The van der Waals surface area contributed by atoms with Gasteiger partial charge in [0.1, 0.15) is 0 Å². The minimum Gasteiger partial charge on any atom is -0.303 e. The number of benzene rings is 1. The van der Waals surface area contributed by atoms with Crippen molar-refractivity contribution in [2.75, 3.05) is 19.6 Å². The molecule has 1 aromatic carbocycles. The summed E-state index contributed by atoms with van der Waals surface area (Å²) < 4.78 is 27.0. The summed E-state index contributed by atoms with van der Waals surface area (Å²) in [7, 11) is 0. The fourth-order valence-electron chi connectivity index (χ4n) is 4.28. The number of hydrogen-bond acceptors (Lipinski definition) is 1. The van der Waals surface area contributed by atoms with Crippen LogP contribution >= 0.6 is 0 Å². The van der Waals surface area contributed by atoms with Crippen molar-refractivity contribution in [1.29, 1.82) is 0 Å². The number of rotatable bonds is 10. The fourth-order valence-corrected chi connectivity index (χ4v) is 4.28. The van der Waals surface area contributed by atoms with Gasteiger partial charge in [0.25, 0.3) is 5.92 Å². The molecule has 0 spiro atoms. The number of nitrogens with zero attached hydrogens (tertiary/aromatic N) is 1. The molecule has 0 radical (unpaired) electrons. The summed E-state index contributed by atoms with van der Waals surface area (Å²) in [6.45, 7) is 11.3. The van der Waals surface area contributed by atoms with E-state index in [1.807, 2.05) is 12.1 Å². The zero-order valence-corrected chi connectivity index (χ0v) is 17.9. The molecule has 1 heterocycles. The van der Waals surface area contributed by atoms with E-state index < -0.39 is 5.92 Å². The van der Waals surface area contributed by atoms with Crippen LogP contribution in [0, 0.1) is 5.92 Å². The first-order valence-electron chi connectivity index (χ1n) is 11.0. The smallest absolute Gasteiger partial charge is 0.270 e. The molecule has 0 saturated carbocycles. The van der Waals surface area contributed by atoms with E-state index in [-0.39, 0.29) is 11.0 Å². The molecule has 0 amide bonds. The van der Waals surface area contributed by atoms with Crippen LogP contribution < -0.4 is 0 Å². The van der Waals surface area contributed by atoms with Crippen LogP contribution in [0.5, 0.6) is 0 Å². The summed E-state index contributed by atoms with van der Waals surface area (Å²) in [5.41, 5.74) is 1.35. The lowest BCUT2D eigenvalue weighted by atomic mass is 9.76.